The quantitative estimate of drug-likeness (QED) is 0.682. The number of hydrogen-bond acceptors (Lipinski definition) is 2. The molecule has 0 heterocycles. The predicted molar refractivity (Wildman–Crippen MR) is 51.3 cm³/mol. The smallest absolute Gasteiger partial charge is 0.0604 e. The summed E-state index contributed by atoms with van der Waals surface area (Å²) >= 11 is 0. The molecule has 1 aliphatic rings. The Morgan fingerprint density at radius 3 is 2.58 bits per heavy atom. The molecule has 0 aromatic heterocycles. The Bertz CT molecular complexity index is 119. The largest absolute Gasteiger partial charge is 0.378 e. The van der Waals surface area contributed by atoms with Gasteiger partial charge in [0, 0.05) is 18.7 Å². The molecule has 1 rings (SSSR count). The molecule has 0 amide bonds. The Morgan fingerprint density at radius 1 is 1.42 bits per heavy atom. The highest BCUT2D eigenvalue weighted by molar-refractivity contribution is 4.86. The van der Waals surface area contributed by atoms with Crippen LogP contribution in [0.25, 0.3) is 0 Å². The molecule has 0 aromatic carbocycles. The molecule has 1 fully saturated rings. The second-order valence-corrected chi connectivity index (χ2v) is 3.98. The molecule has 0 radical (unpaired) electrons. The zero-order valence-electron chi connectivity index (χ0n) is 8.47. The second kappa shape index (κ2) is 4.83. The van der Waals surface area contributed by atoms with Gasteiger partial charge in [-0.05, 0) is 19.3 Å². The van der Waals surface area contributed by atoms with Gasteiger partial charge in [-0.2, -0.15) is 0 Å². The zero-order valence-corrected chi connectivity index (χ0v) is 8.47. The molecule has 0 bridgehead atoms. The molecule has 0 aliphatic heterocycles. The molecular weight excluding hydrogens is 150 g/mol. The molecule has 1 aliphatic carbocycles. The molecular formula is C10H21NO. The van der Waals surface area contributed by atoms with E-state index in [0.29, 0.717) is 18.2 Å². The maximum Gasteiger partial charge on any atom is 0.0604 e. The highest BCUT2D eigenvalue weighted by Crippen LogP contribution is 2.23. The van der Waals surface area contributed by atoms with Gasteiger partial charge in [0.2, 0.25) is 0 Å². The van der Waals surface area contributed by atoms with Crippen molar-refractivity contribution in [3.05, 3.63) is 0 Å². The predicted octanol–water partition coefficient (Wildman–Crippen LogP) is 1.94. The third-order valence-corrected chi connectivity index (χ3v) is 2.22. The van der Waals surface area contributed by atoms with E-state index in [1.54, 1.807) is 0 Å². The lowest BCUT2D eigenvalue weighted by Crippen LogP contribution is -2.47. The van der Waals surface area contributed by atoms with Crippen LogP contribution in [0.3, 0.4) is 0 Å². The first-order valence-corrected chi connectivity index (χ1v) is 5.10. The van der Waals surface area contributed by atoms with E-state index in [9.17, 15) is 0 Å². The Kier molecular flexibility index (Phi) is 4.02. The van der Waals surface area contributed by atoms with E-state index in [2.05, 4.69) is 26.1 Å². The van der Waals surface area contributed by atoms with Gasteiger partial charge in [0.05, 0.1) is 6.10 Å². The molecule has 2 nitrogen and oxygen atoms in total. The minimum Gasteiger partial charge on any atom is -0.378 e. The lowest BCUT2D eigenvalue weighted by atomic mass is 9.89. The Labute approximate surface area is 75.7 Å². The average Bonchev–Trinajstić information content (AvgIpc) is 1.93. The first kappa shape index (κ1) is 10.0. The van der Waals surface area contributed by atoms with Crippen molar-refractivity contribution in [3.8, 4) is 0 Å². The van der Waals surface area contributed by atoms with Crippen LogP contribution < -0.4 is 5.32 Å². The van der Waals surface area contributed by atoms with E-state index < -0.39 is 0 Å². The number of hydrogen-bond donors (Lipinski definition) is 1. The van der Waals surface area contributed by atoms with Gasteiger partial charge in [0.1, 0.15) is 0 Å². The summed E-state index contributed by atoms with van der Waals surface area (Å²) in [6, 6.07) is 1.33. The van der Waals surface area contributed by atoms with Crippen molar-refractivity contribution in [2.75, 3.05) is 6.61 Å². The van der Waals surface area contributed by atoms with Gasteiger partial charge in [-0.1, -0.05) is 20.8 Å². The Balaban J connectivity index is 1.96. The molecule has 0 saturated heterocycles. The molecule has 2 heteroatoms. The van der Waals surface area contributed by atoms with Crippen molar-refractivity contribution in [1.82, 2.24) is 5.32 Å². The van der Waals surface area contributed by atoms with Crippen LogP contribution >= 0.6 is 0 Å². The molecule has 0 spiro atoms. The summed E-state index contributed by atoms with van der Waals surface area (Å²) in [4.78, 5) is 0. The number of nitrogens with one attached hydrogen (secondary N) is 1. The van der Waals surface area contributed by atoms with E-state index in [4.69, 9.17) is 4.74 Å². The van der Waals surface area contributed by atoms with Gasteiger partial charge in [-0.3, -0.25) is 0 Å². The average molecular weight is 171 g/mol. The van der Waals surface area contributed by atoms with Crippen molar-refractivity contribution in [1.29, 1.82) is 0 Å². The monoisotopic (exact) mass is 171 g/mol. The lowest BCUT2D eigenvalue weighted by molar-refractivity contribution is -0.0175. The third-order valence-electron chi connectivity index (χ3n) is 2.22. The van der Waals surface area contributed by atoms with Crippen LogP contribution in [0.5, 0.6) is 0 Å². The fraction of sp³-hybridized carbons (Fsp3) is 1.00. The van der Waals surface area contributed by atoms with Crippen molar-refractivity contribution in [2.45, 2.75) is 58.2 Å². The standard InChI is InChI=1S/C10H21NO/c1-4-5-12-10-6-9(7-10)11-8(2)3/h8-11H,4-7H2,1-3H3/t9-,10+. The summed E-state index contributed by atoms with van der Waals surface area (Å²) in [5.41, 5.74) is 0. The van der Waals surface area contributed by atoms with Gasteiger partial charge < -0.3 is 10.1 Å². The number of ether oxygens (including phenoxy) is 1. The van der Waals surface area contributed by atoms with Crippen molar-refractivity contribution in [2.24, 2.45) is 0 Å². The van der Waals surface area contributed by atoms with Crippen molar-refractivity contribution in [3.63, 3.8) is 0 Å². The fourth-order valence-electron chi connectivity index (χ4n) is 1.59. The van der Waals surface area contributed by atoms with Gasteiger partial charge in [-0.25, -0.2) is 0 Å². The van der Waals surface area contributed by atoms with E-state index in [1.165, 1.54) is 12.8 Å². The zero-order chi connectivity index (χ0) is 8.97. The summed E-state index contributed by atoms with van der Waals surface area (Å²) in [6.45, 7) is 7.47. The minimum atomic E-state index is 0.543. The SMILES string of the molecule is CCCO[C@H]1C[C@@H](NC(C)C)C1. The van der Waals surface area contributed by atoms with E-state index in [-0.39, 0.29) is 0 Å². The minimum absolute atomic E-state index is 0.543. The topological polar surface area (TPSA) is 21.3 Å². The summed E-state index contributed by atoms with van der Waals surface area (Å²) in [7, 11) is 0. The highest BCUT2D eigenvalue weighted by Gasteiger charge is 2.29. The summed E-state index contributed by atoms with van der Waals surface area (Å²) < 4.78 is 5.60. The van der Waals surface area contributed by atoms with Gasteiger partial charge >= 0.3 is 0 Å². The molecule has 1 N–H and O–H groups in total. The van der Waals surface area contributed by atoms with Crippen LogP contribution in [-0.2, 0) is 4.74 Å². The fourth-order valence-corrected chi connectivity index (χ4v) is 1.59. The van der Waals surface area contributed by atoms with Gasteiger partial charge in [0.15, 0.2) is 0 Å². The maximum atomic E-state index is 5.60. The third kappa shape index (κ3) is 3.11. The molecule has 1 saturated carbocycles. The van der Waals surface area contributed by atoms with Gasteiger partial charge in [0.25, 0.3) is 0 Å². The normalized spacial score (nSPS) is 29.0. The van der Waals surface area contributed by atoms with E-state index in [0.717, 1.165) is 13.0 Å². The molecule has 72 valence electrons. The first-order valence-electron chi connectivity index (χ1n) is 5.10. The van der Waals surface area contributed by atoms with E-state index >= 15 is 0 Å². The summed E-state index contributed by atoms with van der Waals surface area (Å²) in [6.07, 6.45) is 4.09. The molecule has 0 unspecified atom stereocenters. The van der Waals surface area contributed by atoms with Crippen molar-refractivity contribution < 1.29 is 4.74 Å². The lowest BCUT2D eigenvalue weighted by Gasteiger charge is -2.36. The number of rotatable bonds is 5. The van der Waals surface area contributed by atoms with Crippen LogP contribution in [0, 0.1) is 0 Å². The second-order valence-electron chi connectivity index (χ2n) is 3.98. The van der Waals surface area contributed by atoms with E-state index in [1.807, 2.05) is 0 Å². The molecule has 12 heavy (non-hydrogen) atoms. The van der Waals surface area contributed by atoms with Crippen LogP contribution in [0.2, 0.25) is 0 Å². The molecule has 0 atom stereocenters. The van der Waals surface area contributed by atoms with Crippen LogP contribution in [0.4, 0.5) is 0 Å². The summed E-state index contributed by atoms with van der Waals surface area (Å²) in [5, 5.41) is 3.51. The first-order chi connectivity index (χ1) is 5.72. The Morgan fingerprint density at radius 2 is 2.08 bits per heavy atom. The maximum absolute atomic E-state index is 5.60. The summed E-state index contributed by atoms with van der Waals surface area (Å²) in [5.74, 6) is 0. The van der Waals surface area contributed by atoms with Crippen LogP contribution in [0.15, 0.2) is 0 Å². The van der Waals surface area contributed by atoms with Gasteiger partial charge in [-0.15, -0.1) is 0 Å². The highest BCUT2D eigenvalue weighted by atomic mass is 16.5. The van der Waals surface area contributed by atoms with Crippen molar-refractivity contribution >= 4 is 0 Å². The van der Waals surface area contributed by atoms with Crippen LogP contribution in [-0.4, -0.2) is 24.8 Å². The Hall–Kier alpha value is -0.0800. The molecule has 0 aromatic rings. The van der Waals surface area contributed by atoms with Crippen LogP contribution in [0.1, 0.15) is 40.0 Å².